The summed E-state index contributed by atoms with van der Waals surface area (Å²) >= 11 is 2.74. The third-order valence-electron chi connectivity index (χ3n) is 7.97. The van der Waals surface area contributed by atoms with Crippen LogP contribution < -0.4 is 10.2 Å². The zero-order valence-corrected chi connectivity index (χ0v) is 27.8. The van der Waals surface area contributed by atoms with E-state index in [1.807, 2.05) is 12.1 Å². The highest BCUT2D eigenvalue weighted by Crippen LogP contribution is 2.41. The van der Waals surface area contributed by atoms with Gasteiger partial charge in [0.05, 0.1) is 15.5 Å². The predicted molar refractivity (Wildman–Crippen MR) is 183 cm³/mol. The Hall–Kier alpha value is -5.81. The van der Waals surface area contributed by atoms with Gasteiger partial charge in [0.25, 0.3) is 17.3 Å². The molecule has 0 radical (unpaired) electrons. The first-order valence-electron chi connectivity index (χ1n) is 15.0. The molecule has 1 aromatic heterocycles. The fraction of sp³-hybridized carbons (Fsp3) is 0.212. The largest absolute Gasteiger partial charge is 0.456 e. The standard InChI is InChI=1S/C33H27N5O10S2/c1-19-17-50-31-28(30(40)36(31)29(19)32(41)47-15-20-6-10-22(11-7-20)37(43)44)34-27(39)14-35(25-18-49-26-5-3-2-4-24(25)26)33(42)48-16-21-8-12-23(13-9-21)38(45)46/h2-13,18,28,31H,14-17H2,1H3,(H,34,39)/t28?,31-/m0/s1. The molecule has 2 atom stereocenters. The number of nitrogens with zero attached hydrogens (tertiary/aromatic N) is 4. The molecule has 1 saturated heterocycles. The Morgan fingerprint density at radius 1 is 0.920 bits per heavy atom. The van der Waals surface area contributed by atoms with E-state index < -0.39 is 51.7 Å². The molecule has 3 heterocycles. The average Bonchev–Trinajstić information content (AvgIpc) is 3.55. The van der Waals surface area contributed by atoms with Crippen molar-refractivity contribution in [1.82, 2.24) is 10.2 Å². The van der Waals surface area contributed by atoms with Crippen molar-refractivity contribution in [2.24, 2.45) is 0 Å². The molecule has 1 fully saturated rings. The van der Waals surface area contributed by atoms with Crippen LogP contribution in [0.1, 0.15) is 18.1 Å². The van der Waals surface area contributed by atoms with E-state index in [9.17, 15) is 39.4 Å². The Balaban J connectivity index is 1.12. The summed E-state index contributed by atoms with van der Waals surface area (Å²) in [6.45, 7) is 0.845. The van der Waals surface area contributed by atoms with Gasteiger partial charge < -0.3 is 14.8 Å². The fourth-order valence-corrected chi connectivity index (χ4v) is 7.66. The van der Waals surface area contributed by atoms with Crippen molar-refractivity contribution in [3.63, 3.8) is 0 Å². The van der Waals surface area contributed by atoms with Crippen LogP contribution in [-0.2, 0) is 37.1 Å². The van der Waals surface area contributed by atoms with Gasteiger partial charge >= 0.3 is 12.1 Å². The van der Waals surface area contributed by atoms with Gasteiger partial charge in [0, 0.05) is 45.5 Å². The van der Waals surface area contributed by atoms with Crippen LogP contribution in [0, 0.1) is 20.2 Å². The van der Waals surface area contributed by atoms with Crippen molar-refractivity contribution in [3.05, 3.63) is 121 Å². The van der Waals surface area contributed by atoms with Crippen molar-refractivity contribution >= 4 is 74.1 Å². The Bertz CT molecular complexity index is 2050. The van der Waals surface area contributed by atoms with E-state index in [4.69, 9.17) is 9.47 Å². The number of thioether (sulfide) groups is 1. The SMILES string of the molecule is CC1=C(C(=O)OCc2ccc([N+](=O)[O-])cc2)N2C(=O)C(NC(=O)CN(C(=O)OCc3ccc([N+](=O)[O-])cc3)c3csc4ccccc34)[C@@H]2SC1. The van der Waals surface area contributed by atoms with Crippen LogP contribution in [0.25, 0.3) is 10.1 Å². The molecule has 1 N–H and O–H groups in total. The quantitative estimate of drug-likeness (QED) is 0.0919. The summed E-state index contributed by atoms with van der Waals surface area (Å²) in [5.74, 6) is -1.51. The Morgan fingerprint density at radius 3 is 2.14 bits per heavy atom. The van der Waals surface area contributed by atoms with Gasteiger partial charge in [-0.1, -0.05) is 18.2 Å². The zero-order chi connectivity index (χ0) is 35.5. The molecule has 6 rings (SSSR count). The minimum absolute atomic E-state index is 0.0763. The van der Waals surface area contributed by atoms with Gasteiger partial charge in [-0.05, 0) is 54.0 Å². The Morgan fingerprint density at radius 2 is 1.52 bits per heavy atom. The predicted octanol–water partition coefficient (Wildman–Crippen LogP) is 5.28. The van der Waals surface area contributed by atoms with Gasteiger partial charge in [0.15, 0.2) is 0 Å². The molecular weight excluding hydrogens is 691 g/mol. The van der Waals surface area contributed by atoms with Gasteiger partial charge in [-0.2, -0.15) is 0 Å². The summed E-state index contributed by atoms with van der Waals surface area (Å²) in [6, 6.07) is 17.4. The second-order valence-electron chi connectivity index (χ2n) is 11.3. The topological polar surface area (TPSA) is 192 Å². The number of nitro groups is 2. The highest BCUT2D eigenvalue weighted by atomic mass is 32.2. The van der Waals surface area contributed by atoms with Crippen LogP contribution in [0.4, 0.5) is 21.9 Å². The maximum Gasteiger partial charge on any atom is 0.415 e. The highest BCUT2D eigenvalue weighted by Gasteiger charge is 2.54. The number of hydrogen-bond acceptors (Lipinski definition) is 12. The number of β-lactam (4-membered cyclic amide) rings is 1. The first-order chi connectivity index (χ1) is 24.0. The normalized spacial score (nSPS) is 16.7. The number of rotatable bonds is 11. The molecule has 0 bridgehead atoms. The summed E-state index contributed by atoms with van der Waals surface area (Å²) in [6.07, 6.45) is -0.840. The summed E-state index contributed by atoms with van der Waals surface area (Å²) in [5.41, 5.74) is 1.94. The maximum absolute atomic E-state index is 13.4. The number of hydrogen-bond donors (Lipinski definition) is 1. The first-order valence-corrected chi connectivity index (χ1v) is 16.9. The summed E-state index contributed by atoms with van der Waals surface area (Å²) in [4.78, 5) is 76.7. The molecule has 50 heavy (non-hydrogen) atoms. The van der Waals surface area contributed by atoms with Crippen LogP contribution in [0.3, 0.4) is 0 Å². The monoisotopic (exact) mass is 717 g/mol. The van der Waals surface area contributed by atoms with Crippen molar-refractivity contribution < 1.29 is 38.5 Å². The minimum atomic E-state index is -0.977. The lowest BCUT2D eigenvalue weighted by molar-refractivity contribution is -0.385. The maximum atomic E-state index is 13.4. The average molecular weight is 718 g/mol. The number of benzene rings is 3. The van der Waals surface area contributed by atoms with Gasteiger partial charge in [0.2, 0.25) is 5.91 Å². The van der Waals surface area contributed by atoms with E-state index in [1.54, 1.807) is 24.4 Å². The van der Waals surface area contributed by atoms with E-state index in [1.165, 1.54) is 81.4 Å². The number of non-ortho nitro benzene ring substituents is 2. The van der Waals surface area contributed by atoms with Crippen molar-refractivity contribution in [1.29, 1.82) is 0 Å². The van der Waals surface area contributed by atoms with Crippen molar-refractivity contribution in [2.45, 2.75) is 31.6 Å². The van der Waals surface area contributed by atoms with E-state index in [2.05, 4.69) is 5.32 Å². The second kappa shape index (κ2) is 14.4. The number of carbonyl (C=O) groups is 4. The molecule has 2 aliphatic heterocycles. The third-order valence-corrected chi connectivity index (χ3v) is 10.3. The van der Waals surface area contributed by atoms with Gasteiger partial charge in [-0.3, -0.25) is 39.6 Å². The molecule has 256 valence electrons. The van der Waals surface area contributed by atoms with Crippen LogP contribution in [0.2, 0.25) is 0 Å². The molecule has 15 nitrogen and oxygen atoms in total. The van der Waals surface area contributed by atoms with Crippen LogP contribution in [-0.4, -0.2) is 62.3 Å². The Labute approximate surface area is 291 Å². The van der Waals surface area contributed by atoms with Crippen LogP contribution in [0.5, 0.6) is 0 Å². The molecule has 4 aromatic rings. The number of nitrogens with one attached hydrogen (secondary N) is 1. The number of nitro benzene ring substituents is 2. The molecular formula is C33H27N5O10S2. The van der Waals surface area contributed by atoms with E-state index in [0.29, 0.717) is 33.5 Å². The number of carbonyl (C=O) groups excluding carboxylic acids is 4. The summed E-state index contributed by atoms with van der Waals surface area (Å²) in [7, 11) is 0. The Kier molecular flexibility index (Phi) is 9.78. The molecule has 0 aliphatic carbocycles. The number of thiophene rings is 1. The summed E-state index contributed by atoms with van der Waals surface area (Å²) < 4.78 is 11.8. The lowest BCUT2D eigenvalue weighted by Crippen LogP contribution is -2.71. The second-order valence-corrected chi connectivity index (χ2v) is 13.3. The van der Waals surface area contributed by atoms with E-state index in [-0.39, 0.29) is 30.3 Å². The van der Waals surface area contributed by atoms with E-state index in [0.717, 1.165) is 4.70 Å². The molecule has 0 saturated carbocycles. The van der Waals surface area contributed by atoms with Crippen molar-refractivity contribution in [2.75, 3.05) is 17.2 Å². The number of fused-ring (bicyclic) bond motifs is 2. The van der Waals surface area contributed by atoms with Gasteiger partial charge in [-0.15, -0.1) is 23.1 Å². The van der Waals surface area contributed by atoms with Gasteiger partial charge in [0.1, 0.15) is 36.9 Å². The highest BCUT2D eigenvalue weighted by molar-refractivity contribution is 8.00. The number of esters is 1. The number of anilines is 1. The third kappa shape index (κ3) is 6.99. The lowest BCUT2D eigenvalue weighted by Gasteiger charge is -2.49. The number of ether oxygens (including phenoxy) is 2. The molecule has 17 heteroatoms. The van der Waals surface area contributed by atoms with Crippen LogP contribution >= 0.6 is 23.1 Å². The molecule has 1 unspecified atom stereocenters. The van der Waals surface area contributed by atoms with Gasteiger partial charge in [-0.25, -0.2) is 9.59 Å². The lowest BCUT2D eigenvalue weighted by atomic mass is 10.0. The molecule has 2 aliphatic rings. The molecule has 3 aromatic carbocycles. The fourth-order valence-electron chi connectivity index (χ4n) is 5.41. The first kappa shape index (κ1) is 34.1. The number of amides is 3. The molecule has 3 amide bonds. The van der Waals surface area contributed by atoms with Crippen molar-refractivity contribution in [3.8, 4) is 0 Å². The zero-order valence-electron chi connectivity index (χ0n) is 26.2. The smallest absolute Gasteiger partial charge is 0.415 e. The summed E-state index contributed by atoms with van der Waals surface area (Å²) in [5, 5.41) is 26.4. The molecule has 0 spiro atoms. The minimum Gasteiger partial charge on any atom is -0.456 e. The van der Waals surface area contributed by atoms with E-state index >= 15 is 0 Å². The van der Waals surface area contributed by atoms with Crippen LogP contribution in [0.15, 0.2) is 89.4 Å².